The summed E-state index contributed by atoms with van der Waals surface area (Å²) in [5, 5.41) is 1.41. The van der Waals surface area contributed by atoms with Crippen LogP contribution < -0.4 is 15.1 Å². The van der Waals surface area contributed by atoms with Crippen LogP contribution in [-0.2, 0) is 0 Å². The van der Waals surface area contributed by atoms with E-state index in [1.807, 2.05) is 18.2 Å². The second-order valence-electron chi connectivity index (χ2n) is 7.48. The van der Waals surface area contributed by atoms with Crippen molar-refractivity contribution in [3.63, 3.8) is 0 Å². The van der Waals surface area contributed by atoms with Gasteiger partial charge in [0.25, 0.3) is 0 Å². The number of furan rings is 1. The number of ether oxygens (including phenoxy) is 2. The van der Waals surface area contributed by atoms with Crippen LogP contribution in [0, 0.1) is 6.92 Å². The molecule has 0 aliphatic rings. The molecule has 0 radical (unpaired) electrons. The fourth-order valence-corrected chi connectivity index (χ4v) is 3.94. The highest BCUT2D eigenvalue weighted by Crippen LogP contribution is 2.37. The van der Waals surface area contributed by atoms with Crippen LogP contribution in [0.2, 0.25) is 0 Å². The van der Waals surface area contributed by atoms with Gasteiger partial charge in [-0.1, -0.05) is 28.1 Å². The van der Waals surface area contributed by atoms with Crippen molar-refractivity contribution in [1.29, 1.82) is 0 Å². The summed E-state index contributed by atoms with van der Waals surface area (Å²) in [6.07, 6.45) is 0. The summed E-state index contributed by atoms with van der Waals surface area (Å²) in [5.74, 6) is 0.934. The third-order valence-corrected chi connectivity index (χ3v) is 5.84. The second-order valence-corrected chi connectivity index (χ2v) is 8.39. The molecule has 33 heavy (non-hydrogen) atoms. The van der Waals surface area contributed by atoms with Crippen LogP contribution in [0.1, 0.15) is 15.9 Å². The van der Waals surface area contributed by atoms with Crippen molar-refractivity contribution in [3.05, 3.63) is 92.7 Å². The van der Waals surface area contributed by atoms with Gasteiger partial charge in [-0.05, 0) is 61.0 Å². The molecule has 2 heterocycles. The highest BCUT2D eigenvalue weighted by molar-refractivity contribution is 9.10. The molecule has 0 spiro atoms. The molecular weight excluding hydrogens is 488 g/mol. The summed E-state index contributed by atoms with van der Waals surface area (Å²) < 4.78 is 23.4. The molecule has 0 bridgehead atoms. The van der Waals surface area contributed by atoms with E-state index in [1.165, 1.54) is 6.07 Å². The molecule has 0 saturated heterocycles. The van der Waals surface area contributed by atoms with Crippen molar-refractivity contribution >= 4 is 43.8 Å². The Morgan fingerprint density at radius 1 is 0.939 bits per heavy atom. The highest BCUT2D eigenvalue weighted by atomic mass is 79.9. The molecule has 0 unspecified atom stereocenters. The number of methoxy groups -OCH3 is 1. The van der Waals surface area contributed by atoms with E-state index in [1.54, 1.807) is 56.5 Å². The zero-order valence-electron chi connectivity index (χ0n) is 17.7. The van der Waals surface area contributed by atoms with Crippen LogP contribution in [-0.4, -0.2) is 13.1 Å². The number of carbonyl (C=O) groups excluding carboxylic acids is 1. The Labute approximate surface area is 196 Å². The molecule has 2 aromatic heterocycles. The number of halogens is 1. The van der Waals surface area contributed by atoms with E-state index in [0.29, 0.717) is 50.5 Å². The van der Waals surface area contributed by atoms with Gasteiger partial charge in [0.15, 0.2) is 11.3 Å². The molecular formula is C26H17BrO6. The quantitative estimate of drug-likeness (QED) is 0.158. The lowest BCUT2D eigenvalue weighted by Gasteiger charge is -2.10. The maximum atomic E-state index is 12.7. The highest BCUT2D eigenvalue weighted by Gasteiger charge is 2.18. The second kappa shape index (κ2) is 8.26. The van der Waals surface area contributed by atoms with Crippen LogP contribution in [0.3, 0.4) is 0 Å². The number of hydrogen-bond acceptors (Lipinski definition) is 6. The largest absolute Gasteiger partial charge is 0.493 e. The molecule has 0 saturated carbocycles. The van der Waals surface area contributed by atoms with Crippen molar-refractivity contribution in [2.45, 2.75) is 6.92 Å². The summed E-state index contributed by atoms with van der Waals surface area (Å²) in [7, 11) is 1.57. The molecule has 0 aliphatic heterocycles. The maximum absolute atomic E-state index is 12.7. The van der Waals surface area contributed by atoms with Gasteiger partial charge in [0.2, 0.25) is 0 Å². The number of fused-ring (bicyclic) bond motifs is 2. The van der Waals surface area contributed by atoms with Gasteiger partial charge in [-0.25, -0.2) is 9.59 Å². The predicted octanol–water partition coefficient (Wildman–Crippen LogP) is 6.50. The minimum atomic E-state index is -0.510. The van der Waals surface area contributed by atoms with Gasteiger partial charge in [0, 0.05) is 26.9 Å². The van der Waals surface area contributed by atoms with Crippen molar-refractivity contribution in [2.24, 2.45) is 0 Å². The first kappa shape index (κ1) is 21.0. The fraction of sp³-hybridized carbons (Fsp3) is 0.0769. The van der Waals surface area contributed by atoms with E-state index in [9.17, 15) is 9.59 Å². The number of rotatable bonds is 4. The Hall–Kier alpha value is -3.84. The van der Waals surface area contributed by atoms with Crippen LogP contribution >= 0.6 is 15.9 Å². The molecule has 0 aliphatic carbocycles. The Bertz CT molecular complexity index is 1580. The number of carbonyl (C=O) groups is 1. The van der Waals surface area contributed by atoms with Gasteiger partial charge in [-0.2, -0.15) is 0 Å². The minimum Gasteiger partial charge on any atom is -0.493 e. The Morgan fingerprint density at radius 3 is 2.48 bits per heavy atom. The number of esters is 1. The summed E-state index contributed by atoms with van der Waals surface area (Å²) in [4.78, 5) is 24.9. The van der Waals surface area contributed by atoms with E-state index in [0.717, 1.165) is 9.86 Å². The zero-order chi connectivity index (χ0) is 23.1. The normalized spacial score (nSPS) is 11.1. The molecule has 5 aromatic rings. The Morgan fingerprint density at radius 2 is 1.73 bits per heavy atom. The molecule has 0 amide bonds. The molecule has 7 heteroatoms. The lowest BCUT2D eigenvalue weighted by molar-refractivity contribution is 0.0733. The minimum absolute atomic E-state index is 0.360. The standard InChI is InChI=1S/C26H17BrO6/c1-14-10-22-18(12-21(14)33-26(29)15-6-8-17(27)9-7-15)19(13-24(28)31-22)23-11-16-4-3-5-20(30-2)25(16)32-23/h3-13H,1-2H3. The van der Waals surface area contributed by atoms with Gasteiger partial charge in [-0.15, -0.1) is 0 Å². The van der Waals surface area contributed by atoms with Gasteiger partial charge in [0.05, 0.1) is 12.7 Å². The Balaban J connectivity index is 1.63. The molecule has 0 atom stereocenters. The predicted molar refractivity (Wildman–Crippen MR) is 128 cm³/mol. The maximum Gasteiger partial charge on any atom is 0.343 e. The van der Waals surface area contributed by atoms with Crippen molar-refractivity contribution in [2.75, 3.05) is 7.11 Å². The lowest BCUT2D eigenvalue weighted by atomic mass is 10.0. The average molecular weight is 505 g/mol. The first-order chi connectivity index (χ1) is 15.9. The van der Waals surface area contributed by atoms with E-state index in [2.05, 4.69) is 15.9 Å². The number of hydrogen-bond donors (Lipinski definition) is 0. The number of aryl methyl sites for hydroxylation is 1. The van der Waals surface area contributed by atoms with Crippen LogP contribution in [0.15, 0.2) is 84.8 Å². The SMILES string of the molecule is COc1cccc2cc(-c3cc(=O)oc4cc(C)c(OC(=O)c5ccc(Br)cc5)cc34)oc12. The summed E-state index contributed by atoms with van der Waals surface area (Å²) >= 11 is 3.35. The first-order valence-electron chi connectivity index (χ1n) is 10.1. The van der Waals surface area contributed by atoms with Crippen molar-refractivity contribution in [1.82, 2.24) is 0 Å². The van der Waals surface area contributed by atoms with Crippen LogP contribution in [0.5, 0.6) is 11.5 Å². The smallest absolute Gasteiger partial charge is 0.343 e. The van der Waals surface area contributed by atoms with Gasteiger partial charge >= 0.3 is 11.6 Å². The molecule has 3 aromatic carbocycles. The van der Waals surface area contributed by atoms with Gasteiger partial charge in [-0.3, -0.25) is 0 Å². The van der Waals surface area contributed by atoms with E-state index >= 15 is 0 Å². The van der Waals surface area contributed by atoms with Crippen molar-refractivity contribution < 1.29 is 23.1 Å². The first-order valence-corrected chi connectivity index (χ1v) is 10.9. The van der Waals surface area contributed by atoms with Gasteiger partial charge in [0.1, 0.15) is 17.1 Å². The van der Waals surface area contributed by atoms with E-state index in [-0.39, 0.29) is 0 Å². The number of para-hydroxylation sites is 1. The van der Waals surface area contributed by atoms with E-state index < -0.39 is 11.6 Å². The van der Waals surface area contributed by atoms with E-state index in [4.69, 9.17) is 18.3 Å². The molecule has 0 fully saturated rings. The summed E-state index contributed by atoms with van der Waals surface area (Å²) in [6.45, 7) is 1.78. The van der Waals surface area contributed by atoms with Crippen LogP contribution in [0.25, 0.3) is 33.3 Å². The van der Waals surface area contributed by atoms with Gasteiger partial charge < -0.3 is 18.3 Å². The monoisotopic (exact) mass is 504 g/mol. The summed E-state index contributed by atoms with van der Waals surface area (Å²) in [5.41, 5.74) is 2.03. The third-order valence-electron chi connectivity index (χ3n) is 5.32. The van der Waals surface area contributed by atoms with Crippen LogP contribution in [0.4, 0.5) is 0 Å². The van der Waals surface area contributed by atoms with Crippen molar-refractivity contribution in [3.8, 4) is 22.8 Å². The third kappa shape index (κ3) is 3.91. The fourth-order valence-electron chi connectivity index (χ4n) is 3.68. The molecule has 0 N–H and O–H groups in total. The molecule has 164 valence electrons. The zero-order valence-corrected chi connectivity index (χ0v) is 19.3. The average Bonchev–Trinajstić information content (AvgIpc) is 3.24. The lowest BCUT2D eigenvalue weighted by Crippen LogP contribution is -2.09. The number of benzene rings is 3. The topological polar surface area (TPSA) is 78.9 Å². The summed E-state index contributed by atoms with van der Waals surface area (Å²) in [6, 6.07) is 19.0. The molecule has 5 rings (SSSR count). The molecule has 6 nitrogen and oxygen atoms in total. The Kier molecular flexibility index (Phi) is 5.26.